The van der Waals surface area contributed by atoms with Crippen LogP contribution in [0.2, 0.25) is 0 Å². The van der Waals surface area contributed by atoms with Crippen LogP contribution in [0.25, 0.3) is 0 Å². The fourth-order valence-electron chi connectivity index (χ4n) is 1.48. The molecule has 1 amide bonds. The summed E-state index contributed by atoms with van der Waals surface area (Å²) in [5, 5.41) is 11.5. The lowest BCUT2D eigenvalue weighted by Crippen LogP contribution is -2.42. The summed E-state index contributed by atoms with van der Waals surface area (Å²) >= 11 is 0. The normalized spacial score (nSPS) is 11.9. The van der Waals surface area contributed by atoms with Crippen LogP contribution in [0.15, 0.2) is 30.3 Å². The maximum absolute atomic E-state index is 11.5. The highest BCUT2D eigenvalue weighted by molar-refractivity contribution is 5.80. The summed E-state index contributed by atoms with van der Waals surface area (Å²) in [5.41, 5.74) is 0.846. The Balaban J connectivity index is 2.54. The molecule has 5 nitrogen and oxygen atoms in total. The fourth-order valence-corrected chi connectivity index (χ4v) is 1.48. The second-order valence-electron chi connectivity index (χ2n) is 4.72. The summed E-state index contributed by atoms with van der Waals surface area (Å²) in [5.74, 6) is -0.867. The molecule has 0 saturated heterocycles. The van der Waals surface area contributed by atoms with Crippen molar-refractivity contribution < 1.29 is 19.4 Å². The van der Waals surface area contributed by atoms with Gasteiger partial charge in [0, 0.05) is 6.42 Å². The van der Waals surface area contributed by atoms with E-state index < -0.39 is 18.1 Å². The van der Waals surface area contributed by atoms with Gasteiger partial charge in [0.1, 0.15) is 6.04 Å². The van der Waals surface area contributed by atoms with E-state index in [0.29, 0.717) is 0 Å². The first-order valence-corrected chi connectivity index (χ1v) is 6.19. The van der Waals surface area contributed by atoms with Crippen molar-refractivity contribution in [1.29, 1.82) is 0 Å². The Morgan fingerprint density at radius 2 is 1.89 bits per heavy atom. The van der Waals surface area contributed by atoms with E-state index in [9.17, 15) is 9.59 Å². The molecule has 0 bridgehead atoms. The average Bonchev–Trinajstić information content (AvgIpc) is 2.36. The molecule has 0 radical (unpaired) electrons. The van der Waals surface area contributed by atoms with Crippen molar-refractivity contribution in [3.63, 3.8) is 0 Å². The van der Waals surface area contributed by atoms with Crippen molar-refractivity contribution in [3.05, 3.63) is 35.9 Å². The summed E-state index contributed by atoms with van der Waals surface area (Å²) in [6.45, 7) is 4.08. The molecule has 19 heavy (non-hydrogen) atoms. The zero-order chi connectivity index (χ0) is 14.3. The maximum Gasteiger partial charge on any atom is 0.407 e. The van der Waals surface area contributed by atoms with E-state index in [1.165, 1.54) is 0 Å². The van der Waals surface area contributed by atoms with Crippen LogP contribution < -0.4 is 5.32 Å². The monoisotopic (exact) mass is 265 g/mol. The van der Waals surface area contributed by atoms with Gasteiger partial charge in [-0.3, -0.25) is 0 Å². The molecule has 104 valence electrons. The SMILES string of the molecule is CC(C)COC(=O)NC(Cc1ccccc1)C(=O)O. The molecule has 0 aliphatic heterocycles. The van der Waals surface area contributed by atoms with Gasteiger partial charge < -0.3 is 15.2 Å². The zero-order valence-corrected chi connectivity index (χ0v) is 11.1. The molecule has 1 unspecified atom stereocenters. The number of ether oxygens (including phenoxy) is 1. The lowest BCUT2D eigenvalue weighted by atomic mass is 10.1. The predicted octanol–water partition coefficient (Wildman–Crippen LogP) is 2.06. The van der Waals surface area contributed by atoms with Gasteiger partial charge in [0.15, 0.2) is 0 Å². The summed E-state index contributed by atoms with van der Waals surface area (Å²) in [4.78, 5) is 22.6. The van der Waals surface area contributed by atoms with Crippen LogP contribution in [0.4, 0.5) is 4.79 Å². The van der Waals surface area contributed by atoms with Gasteiger partial charge in [0.25, 0.3) is 0 Å². The van der Waals surface area contributed by atoms with E-state index in [1.807, 2.05) is 44.2 Å². The number of rotatable bonds is 6. The minimum atomic E-state index is -1.08. The Morgan fingerprint density at radius 1 is 1.26 bits per heavy atom. The number of aliphatic carboxylic acids is 1. The lowest BCUT2D eigenvalue weighted by Gasteiger charge is -2.15. The number of carboxylic acids is 1. The van der Waals surface area contributed by atoms with Crippen LogP contribution in [0.1, 0.15) is 19.4 Å². The first kappa shape index (κ1) is 15.0. The van der Waals surface area contributed by atoms with Crippen molar-refractivity contribution in [2.75, 3.05) is 6.61 Å². The molecule has 0 aromatic heterocycles. The molecular weight excluding hydrogens is 246 g/mol. The second-order valence-corrected chi connectivity index (χ2v) is 4.72. The number of alkyl carbamates (subject to hydrolysis) is 1. The highest BCUT2D eigenvalue weighted by Gasteiger charge is 2.21. The molecule has 1 rings (SSSR count). The highest BCUT2D eigenvalue weighted by Crippen LogP contribution is 2.04. The van der Waals surface area contributed by atoms with Crippen LogP contribution in [0.5, 0.6) is 0 Å². The molecule has 1 aromatic rings. The first-order chi connectivity index (χ1) is 8.99. The number of amides is 1. The molecular formula is C14H19NO4. The largest absolute Gasteiger partial charge is 0.480 e. The molecule has 5 heteroatoms. The van der Waals surface area contributed by atoms with Crippen LogP contribution in [-0.2, 0) is 16.0 Å². The Morgan fingerprint density at radius 3 is 2.42 bits per heavy atom. The van der Waals surface area contributed by atoms with Gasteiger partial charge in [-0.1, -0.05) is 44.2 Å². The smallest absolute Gasteiger partial charge is 0.407 e. The Hall–Kier alpha value is -2.04. The Bertz CT molecular complexity index is 417. The number of carbonyl (C=O) groups is 2. The number of nitrogens with one attached hydrogen (secondary N) is 1. The van der Waals surface area contributed by atoms with Crippen molar-refractivity contribution in [2.45, 2.75) is 26.3 Å². The minimum Gasteiger partial charge on any atom is -0.480 e. The van der Waals surface area contributed by atoms with Crippen LogP contribution in [0, 0.1) is 5.92 Å². The molecule has 0 fully saturated rings. The van der Waals surface area contributed by atoms with Crippen LogP contribution in [-0.4, -0.2) is 29.8 Å². The van der Waals surface area contributed by atoms with Crippen molar-refractivity contribution in [3.8, 4) is 0 Å². The predicted molar refractivity (Wildman–Crippen MR) is 70.9 cm³/mol. The average molecular weight is 265 g/mol. The molecule has 0 saturated carbocycles. The zero-order valence-electron chi connectivity index (χ0n) is 11.1. The summed E-state index contributed by atoms with van der Waals surface area (Å²) in [6, 6.07) is 8.15. The van der Waals surface area contributed by atoms with E-state index in [2.05, 4.69) is 5.32 Å². The summed E-state index contributed by atoms with van der Waals surface area (Å²) in [6.07, 6.45) is -0.468. The topological polar surface area (TPSA) is 75.6 Å². The van der Waals surface area contributed by atoms with E-state index in [0.717, 1.165) is 5.56 Å². The molecule has 0 spiro atoms. The summed E-state index contributed by atoms with van der Waals surface area (Å²) in [7, 11) is 0. The van der Waals surface area contributed by atoms with Gasteiger partial charge in [-0.15, -0.1) is 0 Å². The number of carbonyl (C=O) groups excluding carboxylic acids is 1. The summed E-state index contributed by atoms with van der Waals surface area (Å²) < 4.78 is 4.91. The van der Waals surface area contributed by atoms with Gasteiger partial charge in [-0.2, -0.15) is 0 Å². The van der Waals surface area contributed by atoms with Gasteiger partial charge in [-0.25, -0.2) is 9.59 Å². The van der Waals surface area contributed by atoms with Gasteiger partial charge >= 0.3 is 12.1 Å². The molecule has 1 aromatic carbocycles. The highest BCUT2D eigenvalue weighted by atomic mass is 16.5. The molecule has 1 atom stereocenters. The quantitative estimate of drug-likeness (QED) is 0.825. The van der Waals surface area contributed by atoms with Crippen LogP contribution in [0.3, 0.4) is 0 Å². The van der Waals surface area contributed by atoms with Crippen molar-refractivity contribution in [1.82, 2.24) is 5.32 Å². The van der Waals surface area contributed by atoms with E-state index >= 15 is 0 Å². The second kappa shape index (κ2) is 7.41. The number of benzene rings is 1. The molecule has 0 heterocycles. The number of hydrogen-bond donors (Lipinski definition) is 2. The van der Waals surface area contributed by atoms with Crippen molar-refractivity contribution >= 4 is 12.1 Å². The first-order valence-electron chi connectivity index (χ1n) is 6.19. The van der Waals surface area contributed by atoms with Gasteiger partial charge in [0.2, 0.25) is 0 Å². The van der Waals surface area contributed by atoms with E-state index in [4.69, 9.17) is 9.84 Å². The number of hydrogen-bond acceptors (Lipinski definition) is 3. The third kappa shape index (κ3) is 5.90. The maximum atomic E-state index is 11.5. The van der Waals surface area contributed by atoms with E-state index in [1.54, 1.807) is 0 Å². The Labute approximate surface area is 112 Å². The van der Waals surface area contributed by atoms with Gasteiger partial charge in [0.05, 0.1) is 6.61 Å². The fraction of sp³-hybridized carbons (Fsp3) is 0.429. The van der Waals surface area contributed by atoms with Crippen molar-refractivity contribution in [2.24, 2.45) is 5.92 Å². The third-order valence-corrected chi connectivity index (χ3v) is 2.42. The lowest BCUT2D eigenvalue weighted by molar-refractivity contribution is -0.139. The van der Waals surface area contributed by atoms with Gasteiger partial charge in [-0.05, 0) is 11.5 Å². The minimum absolute atomic E-state index is 0.211. The van der Waals surface area contributed by atoms with Crippen LogP contribution >= 0.6 is 0 Å². The number of carboxylic acid groups (broad SMARTS) is 1. The molecule has 0 aliphatic rings. The standard InChI is InChI=1S/C14H19NO4/c1-10(2)9-19-14(18)15-12(13(16)17)8-11-6-4-3-5-7-11/h3-7,10,12H,8-9H2,1-2H3,(H,15,18)(H,16,17). The Kier molecular flexibility index (Phi) is 5.85. The molecule has 2 N–H and O–H groups in total. The third-order valence-electron chi connectivity index (χ3n) is 2.42. The molecule has 0 aliphatic carbocycles. The van der Waals surface area contributed by atoms with E-state index in [-0.39, 0.29) is 18.9 Å².